The molecule has 3 aromatic rings. The number of carbonyl (C=O) groups is 2. The number of nitro groups is 1. The van der Waals surface area contributed by atoms with Crippen molar-refractivity contribution in [1.82, 2.24) is 15.2 Å². The molecule has 8 nitrogen and oxygen atoms in total. The second kappa shape index (κ2) is 9.88. The minimum absolute atomic E-state index is 0.0146. The van der Waals surface area contributed by atoms with Crippen molar-refractivity contribution in [3.8, 4) is 11.3 Å². The molecule has 2 heterocycles. The number of non-ortho nitro benzene ring substituents is 1. The van der Waals surface area contributed by atoms with Gasteiger partial charge >= 0.3 is 0 Å². The van der Waals surface area contributed by atoms with E-state index in [1.54, 1.807) is 11.0 Å². The first-order chi connectivity index (χ1) is 18.2. The van der Waals surface area contributed by atoms with Crippen LogP contribution in [-0.2, 0) is 11.2 Å². The molecule has 196 valence electrons. The van der Waals surface area contributed by atoms with Crippen LogP contribution in [0.2, 0.25) is 0 Å². The predicted molar refractivity (Wildman–Crippen MR) is 131 cm³/mol. The quantitative estimate of drug-likeness (QED) is 0.376. The van der Waals surface area contributed by atoms with Gasteiger partial charge in [-0.05, 0) is 55.5 Å². The standard InChI is InChI=1S/C27H23F3N4O4/c28-18-6-2-7-19(29)24(18)25-20(30)9-10-21(31-25)26(36)32-27-11-3-8-22(27)33(13-12-27)23(35)15-16-4-1-5-17(14-16)34(37)38/h1-2,4-7,9-10,14,22H,3,8,11-13,15H2,(H,32,36)/t22-,27+/m0/s1. The molecule has 1 saturated carbocycles. The second-order valence-corrected chi connectivity index (χ2v) is 9.58. The first kappa shape index (κ1) is 25.4. The Labute approximate surface area is 215 Å². The number of nitro benzene ring substituents is 1. The average Bonchev–Trinajstić information content (AvgIpc) is 3.43. The fourth-order valence-corrected chi connectivity index (χ4v) is 5.60. The number of fused-ring (bicyclic) bond motifs is 1. The van der Waals surface area contributed by atoms with Crippen molar-refractivity contribution in [2.75, 3.05) is 6.54 Å². The maximum absolute atomic E-state index is 14.5. The fourth-order valence-electron chi connectivity index (χ4n) is 5.60. The van der Waals surface area contributed by atoms with Crippen molar-refractivity contribution in [2.45, 2.75) is 43.7 Å². The lowest BCUT2D eigenvalue weighted by atomic mass is 9.92. The van der Waals surface area contributed by atoms with Gasteiger partial charge < -0.3 is 10.2 Å². The van der Waals surface area contributed by atoms with Crippen LogP contribution in [0.4, 0.5) is 18.9 Å². The van der Waals surface area contributed by atoms with Crippen LogP contribution in [0.1, 0.15) is 41.7 Å². The number of hydrogen-bond acceptors (Lipinski definition) is 5. The number of nitrogens with zero attached hydrogens (tertiary/aromatic N) is 3. The average molecular weight is 524 g/mol. The number of pyridine rings is 1. The molecular weight excluding hydrogens is 501 g/mol. The summed E-state index contributed by atoms with van der Waals surface area (Å²) >= 11 is 0. The summed E-state index contributed by atoms with van der Waals surface area (Å²) in [5.41, 5.74) is -1.77. The van der Waals surface area contributed by atoms with Gasteiger partial charge in [0.1, 0.15) is 28.8 Å². The van der Waals surface area contributed by atoms with Gasteiger partial charge in [0, 0.05) is 18.7 Å². The molecule has 0 unspecified atom stereocenters. The lowest BCUT2D eigenvalue weighted by molar-refractivity contribution is -0.384. The topological polar surface area (TPSA) is 105 Å². The molecule has 2 amide bonds. The first-order valence-electron chi connectivity index (χ1n) is 12.1. The predicted octanol–water partition coefficient (Wildman–Crippen LogP) is 4.57. The smallest absolute Gasteiger partial charge is 0.270 e. The van der Waals surface area contributed by atoms with E-state index in [1.165, 1.54) is 18.2 Å². The summed E-state index contributed by atoms with van der Waals surface area (Å²) < 4.78 is 43.0. The van der Waals surface area contributed by atoms with Crippen LogP contribution in [0.5, 0.6) is 0 Å². The molecule has 0 spiro atoms. The van der Waals surface area contributed by atoms with Gasteiger partial charge in [-0.25, -0.2) is 18.2 Å². The molecule has 38 heavy (non-hydrogen) atoms. The Morgan fingerprint density at radius 3 is 2.53 bits per heavy atom. The maximum Gasteiger partial charge on any atom is 0.270 e. The minimum Gasteiger partial charge on any atom is -0.343 e. The number of hydrogen-bond donors (Lipinski definition) is 1. The summed E-state index contributed by atoms with van der Waals surface area (Å²) in [6.45, 7) is 0.390. The van der Waals surface area contributed by atoms with Crippen molar-refractivity contribution in [1.29, 1.82) is 0 Å². The maximum atomic E-state index is 14.5. The van der Waals surface area contributed by atoms with Crippen LogP contribution in [0, 0.1) is 27.6 Å². The van der Waals surface area contributed by atoms with Crippen LogP contribution >= 0.6 is 0 Å². The van der Waals surface area contributed by atoms with Gasteiger partial charge in [0.15, 0.2) is 0 Å². The summed E-state index contributed by atoms with van der Waals surface area (Å²) in [5, 5.41) is 14.0. The van der Waals surface area contributed by atoms with E-state index < -0.39 is 45.1 Å². The molecule has 2 atom stereocenters. The third-order valence-corrected chi connectivity index (χ3v) is 7.35. The highest BCUT2D eigenvalue weighted by molar-refractivity contribution is 5.93. The minimum atomic E-state index is -1.00. The van der Waals surface area contributed by atoms with Gasteiger partial charge in [-0.1, -0.05) is 18.2 Å². The summed E-state index contributed by atoms with van der Waals surface area (Å²) in [4.78, 5) is 42.6. The zero-order chi connectivity index (χ0) is 27.0. The molecule has 1 aliphatic carbocycles. The van der Waals surface area contributed by atoms with E-state index in [9.17, 15) is 32.9 Å². The van der Waals surface area contributed by atoms with Crippen molar-refractivity contribution in [3.05, 3.63) is 93.4 Å². The highest BCUT2D eigenvalue weighted by Gasteiger charge is 2.52. The van der Waals surface area contributed by atoms with E-state index in [4.69, 9.17) is 0 Å². The molecule has 2 aromatic carbocycles. The Morgan fingerprint density at radius 1 is 1.05 bits per heavy atom. The van der Waals surface area contributed by atoms with Gasteiger partial charge in [-0.15, -0.1) is 0 Å². The lowest BCUT2D eigenvalue weighted by Gasteiger charge is -2.33. The summed E-state index contributed by atoms with van der Waals surface area (Å²) in [5.74, 6) is -3.82. The normalized spacial score (nSPS) is 20.3. The number of rotatable bonds is 6. The summed E-state index contributed by atoms with van der Waals surface area (Å²) in [6.07, 6.45) is 2.50. The second-order valence-electron chi connectivity index (χ2n) is 9.58. The van der Waals surface area contributed by atoms with E-state index in [2.05, 4.69) is 10.3 Å². The molecule has 0 bridgehead atoms. The summed E-state index contributed by atoms with van der Waals surface area (Å²) in [7, 11) is 0. The number of carbonyl (C=O) groups excluding carboxylic acids is 2. The van der Waals surface area contributed by atoms with Gasteiger partial charge in [-0.2, -0.15) is 0 Å². The third kappa shape index (κ3) is 4.59. The van der Waals surface area contributed by atoms with Crippen molar-refractivity contribution in [3.63, 3.8) is 0 Å². The highest BCUT2D eigenvalue weighted by Crippen LogP contribution is 2.42. The Bertz CT molecular complexity index is 1430. The zero-order valence-corrected chi connectivity index (χ0v) is 20.1. The molecule has 2 aliphatic rings. The van der Waals surface area contributed by atoms with Crippen LogP contribution < -0.4 is 5.32 Å². The number of amides is 2. The van der Waals surface area contributed by atoms with Gasteiger partial charge in [0.05, 0.1) is 28.5 Å². The van der Waals surface area contributed by atoms with Crippen LogP contribution in [0.25, 0.3) is 11.3 Å². The van der Waals surface area contributed by atoms with E-state index in [-0.39, 0.29) is 29.8 Å². The molecule has 1 saturated heterocycles. The molecule has 1 aromatic heterocycles. The fraction of sp³-hybridized carbons (Fsp3) is 0.296. The summed E-state index contributed by atoms with van der Waals surface area (Å²) in [6, 6.07) is 10.8. The molecular formula is C27H23F3N4O4. The van der Waals surface area contributed by atoms with E-state index in [1.807, 2.05) is 0 Å². The van der Waals surface area contributed by atoms with Gasteiger partial charge in [0.25, 0.3) is 11.6 Å². The monoisotopic (exact) mass is 524 g/mol. The number of likely N-dealkylation sites (tertiary alicyclic amines) is 1. The molecule has 1 aliphatic heterocycles. The molecule has 1 N–H and O–H groups in total. The van der Waals surface area contributed by atoms with Crippen molar-refractivity contribution >= 4 is 17.5 Å². The first-order valence-corrected chi connectivity index (χ1v) is 12.1. The molecule has 5 rings (SSSR count). The zero-order valence-electron chi connectivity index (χ0n) is 20.1. The van der Waals surface area contributed by atoms with Crippen LogP contribution in [0.3, 0.4) is 0 Å². The number of nitrogens with one attached hydrogen (secondary N) is 1. The Hall–Kier alpha value is -4.28. The molecule has 0 radical (unpaired) electrons. The van der Waals surface area contributed by atoms with Crippen molar-refractivity contribution in [2.24, 2.45) is 0 Å². The van der Waals surface area contributed by atoms with E-state index in [0.29, 0.717) is 31.4 Å². The number of halogens is 3. The van der Waals surface area contributed by atoms with Crippen molar-refractivity contribution < 1.29 is 27.7 Å². The number of aromatic nitrogens is 1. The van der Waals surface area contributed by atoms with Crippen LogP contribution in [0.15, 0.2) is 54.6 Å². The number of benzene rings is 2. The Morgan fingerprint density at radius 2 is 1.79 bits per heavy atom. The van der Waals surface area contributed by atoms with Gasteiger partial charge in [-0.3, -0.25) is 19.7 Å². The van der Waals surface area contributed by atoms with E-state index in [0.717, 1.165) is 36.8 Å². The SMILES string of the molecule is O=C(N[C@@]12CCC[C@@H]1N(C(=O)Cc1cccc([N+](=O)[O-])c1)CC2)c1ccc(F)c(-c2c(F)cccc2F)n1. The largest absolute Gasteiger partial charge is 0.343 e. The van der Waals surface area contributed by atoms with Crippen LogP contribution in [-0.4, -0.2) is 44.7 Å². The lowest BCUT2D eigenvalue weighted by Crippen LogP contribution is -2.54. The Balaban J connectivity index is 1.35. The van der Waals surface area contributed by atoms with E-state index >= 15 is 0 Å². The molecule has 2 fully saturated rings. The van der Waals surface area contributed by atoms with Gasteiger partial charge in [0.2, 0.25) is 5.91 Å². The highest BCUT2D eigenvalue weighted by atomic mass is 19.1. The molecule has 11 heteroatoms. The third-order valence-electron chi connectivity index (χ3n) is 7.35. The Kier molecular flexibility index (Phi) is 6.60.